The van der Waals surface area contributed by atoms with E-state index in [1.165, 1.54) is 0 Å². The Morgan fingerprint density at radius 1 is 1.35 bits per heavy atom. The molecule has 1 aromatic carbocycles. The summed E-state index contributed by atoms with van der Waals surface area (Å²) in [6.07, 6.45) is 2.19. The average molecular weight is 248 g/mol. The molecule has 1 aromatic heterocycles. The van der Waals surface area contributed by atoms with E-state index in [-0.39, 0.29) is 11.8 Å². The number of rotatable bonds is 2. The van der Waals surface area contributed by atoms with Gasteiger partial charge in [-0.2, -0.15) is 0 Å². The summed E-state index contributed by atoms with van der Waals surface area (Å²) in [6.45, 7) is 0. The van der Waals surface area contributed by atoms with E-state index in [9.17, 15) is 4.79 Å². The van der Waals surface area contributed by atoms with Crippen LogP contribution in [0.3, 0.4) is 0 Å². The molecule has 0 saturated carbocycles. The number of amides is 1. The topological polar surface area (TPSA) is 42.2 Å². The highest BCUT2D eigenvalue weighted by atomic mass is 35.5. The molecule has 86 valence electrons. The molecule has 1 atom stereocenters. The van der Waals surface area contributed by atoms with Crippen LogP contribution in [0.2, 0.25) is 5.02 Å². The third kappa shape index (κ3) is 1.83. The van der Waals surface area contributed by atoms with Gasteiger partial charge < -0.3 is 9.73 Å². The molecule has 3 rings (SSSR count). The molecule has 1 N–H and O–H groups in total. The Kier molecular flexibility index (Phi) is 2.41. The molecule has 17 heavy (non-hydrogen) atoms. The number of anilines is 1. The number of fused-ring (bicyclic) bond motifs is 1. The van der Waals surface area contributed by atoms with E-state index in [0.29, 0.717) is 11.4 Å². The maximum atomic E-state index is 11.9. The number of hydrogen-bond donors (Lipinski definition) is 1. The zero-order valence-corrected chi connectivity index (χ0v) is 9.70. The van der Waals surface area contributed by atoms with Crippen LogP contribution in [0.25, 0.3) is 0 Å². The van der Waals surface area contributed by atoms with Crippen LogP contribution in [0.15, 0.2) is 41.0 Å². The first-order valence-corrected chi connectivity index (χ1v) is 5.74. The molecule has 1 aliphatic heterocycles. The smallest absolute Gasteiger partial charge is 0.232 e. The van der Waals surface area contributed by atoms with Crippen LogP contribution in [0, 0.1) is 0 Å². The lowest BCUT2D eigenvalue weighted by atomic mass is 9.96. The zero-order chi connectivity index (χ0) is 11.8. The third-order valence-electron chi connectivity index (χ3n) is 2.95. The zero-order valence-electron chi connectivity index (χ0n) is 8.94. The molecule has 0 aliphatic carbocycles. The molecule has 2 heterocycles. The molecule has 0 radical (unpaired) electrons. The summed E-state index contributed by atoms with van der Waals surface area (Å²) in [5.74, 6) is 0.625. The van der Waals surface area contributed by atoms with E-state index in [1.807, 2.05) is 18.2 Å². The van der Waals surface area contributed by atoms with Crippen LogP contribution in [0.1, 0.15) is 17.2 Å². The van der Waals surface area contributed by atoms with Gasteiger partial charge in [-0.15, -0.1) is 0 Å². The van der Waals surface area contributed by atoms with Crippen molar-refractivity contribution in [3.05, 3.63) is 52.9 Å². The first kappa shape index (κ1) is 10.4. The van der Waals surface area contributed by atoms with Crippen molar-refractivity contribution in [3.63, 3.8) is 0 Å². The van der Waals surface area contributed by atoms with E-state index in [2.05, 4.69) is 5.32 Å². The molecule has 0 spiro atoms. The number of furan rings is 1. The minimum Gasteiger partial charge on any atom is -0.469 e. The summed E-state index contributed by atoms with van der Waals surface area (Å²) in [5.41, 5.74) is 1.79. The van der Waals surface area contributed by atoms with E-state index >= 15 is 0 Å². The van der Waals surface area contributed by atoms with Gasteiger partial charge in [0.25, 0.3) is 0 Å². The fraction of sp³-hybridized carbons (Fsp3) is 0.154. The lowest BCUT2D eigenvalue weighted by molar-refractivity contribution is -0.117. The van der Waals surface area contributed by atoms with Crippen molar-refractivity contribution in [3.8, 4) is 0 Å². The maximum absolute atomic E-state index is 11.9. The van der Waals surface area contributed by atoms with Crippen molar-refractivity contribution in [2.24, 2.45) is 0 Å². The number of nitrogens with one attached hydrogen (secondary N) is 1. The summed E-state index contributed by atoms with van der Waals surface area (Å²) in [5, 5.41) is 3.46. The lowest BCUT2D eigenvalue weighted by Crippen LogP contribution is -2.13. The Bertz CT molecular complexity index is 563. The van der Waals surface area contributed by atoms with Gasteiger partial charge in [-0.1, -0.05) is 17.7 Å². The van der Waals surface area contributed by atoms with Crippen molar-refractivity contribution < 1.29 is 9.21 Å². The highest BCUT2D eigenvalue weighted by Crippen LogP contribution is 2.36. The van der Waals surface area contributed by atoms with E-state index in [0.717, 1.165) is 17.0 Å². The van der Waals surface area contributed by atoms with E-state index in [4.69, 9.17) is 16.0 Å². The normalized spacial score (nSPS) is 17.9. The minimum absolute atomic E-state index is 0.00123. The van der Waals surface area contributed by atoms with Crippen LogP contribution in [0.4, 0.5) is 5.69 Å². The molecule has 4 heteroatoms. The summed E-state index contributed by atoms with van der Waals surface area (Å²) in [6, 6.07) is 9.17. The quantitative estimate of drug-likeness (QED) is 0.885. The molecule has 1 amide bonds. The number of hydrogen-bond acceptors (Lipinski definition) is 2. The fourth-order valence-electron chi connectivity index (χ4n) is 2.13. The Hall–Kier alpha value is -1.74. The maximum Gasteiger partial charge on any atom is 0.232 e. The monoisotopic (exact) mass is 247 g/mol. The van der Waals surface area contributed by atoms with Crippen LogP contribution in [-0.4, -0.2) is 5.91 Å². The van der Waals surface area contributed by atoms with Gasteiger partial charge >= 0.3 is 0 Å². The van der Waals surface area contributed by atoms with E-state index in [1.54, 1.807) is 18.4 Å². The first-order valence-electron chi connectivity index (χ1n) is 5.37. The van der Waals surface area contributed by atoms with Crippen LogP contribution in [0.5, 0.6) is 0 Å². The highest BCUT2D eigenvalue weighted by molar-refractivity contribution is 6.31. The Labute approximate surface area is 103 Å². The first-order chi connectivity index (χ1) is 8.24. The van der Waals surface area contributed by atoms with Crippen LogP contribution >= 0.6 is 11.6 Å². The molecular weight excluding hydrogens is 238 g/mol. The molecule has 0 saturated heterocycles. The van der Waals surface area contributed by atoms with Crippen LogP contribution < -0.4 is 5.32 Å². The number of benzene rings is 1. The van der Waals surface area contributed by atoms with Crippen molar-refractivity contribution in [1.82, 2.24) is 0 Å². The largest absolute Gasteiger partial charge is 0.469 e. The van der Waals surface area contributed by atoms with Gasteiger partial charge in [0.2, 0.25) is 5.91 Å². The van der Waals surface area contributed by atoms with Gasteiger partial charge in [0, 0.05) is 17.1 Å². The van der Waals surface area contributed by atoms with Crippen molar-refractivity contribution >= 4 is 23.2 Å². The van der Waals surface area contributed by atoms with Gasteiger partial charge in [0.05, 0.1) is 12.2 Å². The van der Waals surface area contributed by atoms with Crippen molar-refractivity contribution in [2.75, 3.05) is 5.32 Å². The lowest BCUT2D eigenvalue weighted by Gasteiger charge is -2.06. The second-order valence-electron chi connectivity index (χ2n) is 4.06. The molecule has 0 fully saturated rings. The predicted molar refractivity (Wildman–Crippen MR) is 65.2 cm³/mol. The second kappa shape index (κ2) is 3.93. The number of carbonyl (C=O) groups excluding carboxylic acids is 1. The standard InChI is InChI=1S/C13H10ClNO2/c14-8-3-4-10-11(7-9-2-1-5-17-9)13(16)15-12(10)6-8/h1-6,11H,7H2,(H,15,16). The second-order valence-corrected chi connectivity index (χ2v) is 4.49. The summed E-state index contributed by atoms with van der Waals surface area (Å²) < 4.78 is 5.28. The molecule has 0 bridgehead atoms. The molecule has 1 unspecified atom stereocenters. The summed E-state index contributed by atoms with van der Waals surface area (Å²) in [4.78, 5) is 11.9. The van der Waals surface area contributed by atoms with Gasteiger partial charge in [0.1, 0.15) is 5.76 Å². The van der Waals surface area contributed by atoms with Crippen molar-refractivity contribution in [1.29, 1.82) is 0 Å². The minimum atomic E-state index is -0.187. The fourth-order valence-corrected chi connectivity index (χ4v) is 2.31. The molecule has 2 aromatic rings. The Balaban J connectivity index is 1.94. The van der Waals surface area contributed by atoms with E-state index < -0.39 is 0 Å². The highest BCUT2D eigenvalue weighted by Gasteiger charge is 2.31. The Morgan fingerprint density at radius 2 is 2.24 bits per heavy atom. The average Bonchev–Trinajstić information content (AvgIpc) is 2.88. The molecule has 1 aliphatic rings. The predicted octanol–water partition coefficient (Wildman–Crippen LogP) is 3.21. The van der Waals surface area contributed by atoms with Gasteiger partial charge in [-0.3, -0.25) is 4.79 Å². The molecular formula is C13H10ClNO2. The SMILES string of the molecule is O=C1Nc2cc(Cl)ccc2C1Cc1ccco1. The van der Waals surface area contributed by atoms with Gasteiger partial charge in [-0.25, -0.2) is 0 Å². The summed E-state index contributed by atoms with van der Waals surface area (Å²) >= 11 is 5.89. The Morgan fingerprint density at radius 3 is 3.00 bits per heavy atom. The summed E-state index contributed by atoms with van der Waals surface area (Å²) in [7, 11) is 0. The number of carbonyl (C=O) groups is 1. The van der Waals surface area contributed by atoms with Crippen molar-refractivity contribution in [2.45, 2.75) is 12.3 Å². The number of halogens is 1. The van der Waals surface area contributed by atoms with Gasteiger partial charge in [-0.05, 0) is 29.8 Å². The van der Waals surface area contributed by atoms with Crippen LogP contribution in [-0.2, 0) is 11.2 Å². The van der Waals surface area contributed by atoms with Gasteiger partial charge in [0.15, 0.2) is 0 Å². The molecule has 3 nitrogen and oxygen atoms in total. The third-order valence-corrected chi connectivity index (χ3v) is 3.19.